The maximum Gasteiger partial charge on any atom is 0.222 e. The van der Waals surface area contributed by atoms with Crippen molar-refractivity contribution >= 4 is 17.2 Å². The van der Waals surface area contributed by atoms with Crippen LogP contribution in [0.5, 0.6) is 5.75 Å². The molecule has 144 valence electrons. The molecule has 5 nitrogen and oxygen atoms in total. The minimum Gasteiger partial charge on any atom is -0.487 e. The lowest BCUT2D eigenvalue weighted by molar-refractivity contribution is -0.129. The maximum absolute atomic E-state index is 12.4. The zero-order valence-corrected chi connectivity index (χ0v) is 16.9. The molecule has 1 fully saturated rings. The molecular weight excluding hydrogens is 358 g/mol. The number of aromatic nitrogens is 1. The van der Waals surface area contributed by atoms with Gasteiger partial charge in [0.1, 0.15) is 16.4 Å². The van der Waals surface area contributed by atoms with Crippen LogP contribution in [0.25, 0.3) is 0 Å². The van der Waals surface area contributed by atoms with Crippen LogP contribution in [-0.4, -0.2) is 53.5 Å². The summed E-state index contributed by atoms with van der Waals surface area (Å²) < 4.78 is 6.55. The molecule has 2 aliphatic heterocycles. The fourth-order valence-electron chi connectivity index (χ4n) is 4.27. The number of thiazole rings is 1. The Kier molecular flexibility index (Phi) is 5.19. The molecule has 0 N–H and O–H groups in total. The van der Waals surface area contributed by atoms with Gasteiger partial charge in [-0.2, -0.15) is 0 Å². The third-order valence-electron chi connectivity index (χ3n) is 5.83. The van der Waals surface area contributed by atoms with Crippen LogP contribution >= 0.6 is 11.3 Å². The standard InChI is InChI=1S/C21H27N3O2S/c1-23(2)20(25)13-16-14-21(26-18-6-4-3-5-17(16)18)7-10-24(11-8-21)15-19-22-9-12-27-19/h3-6,9,12,16H,7-8,10-11,13-15H2,1-2H3/t16-/m0/s1. The molecule has 6 heteroatoms. The predicted octanol–water partition coefficient (Wildman–Crippen LogP) is 3.52. The van der Waals surface area contributed by atoms with E-state index in [1.165, 1.54) is 10.6 Å². The van der Waals surface area contributed by atoms with E-state index in [1.807, 2.05) is 37.8 Å². The van der Waals surface area contributed by atoms with Crippen molar-refractivity contribution in [3.8, 4) is 5.75 Å². The van der Waals surface area contributed by atoms with Crippen molar-refractivity contribution in [1.82, 2.24) is 14.8 Å². The zero-order chi connectivity index (χ0) is 18.9. The van der Waals surface area contributed by atoms with E-state index in [0.29, 0.717) is 6.42 Å². The summed E-state index contributed by atoms with van der Waals surface area (Å²) in [5.41, 5.74) is 1.04. The van der Waals surface area contributed by atoms with Gasteiger partial charge in [-0.1, -0.05) is 18.2 Å². The molecule has 2 aliphatic rings. The van der Waals surface area contributed by atoms with Crippen LogP contribution in [0.3, 0.4) is 0 Å². The Morgan fingerprint density at radius 1 is 1.33 bits per heavy atom. The monoisotopic (exact) mass is 385 g/mol. The lowest BCUT2D eigenvalue weighted by Gasteiger charge is -2.47. The Bertz CT molecular complexity index is 782. The van der Waals surface area contributed by atoms with Crippen LogP contribution in [0.15, 0.2) is 35.8 Å². The van der Waals surface area contributed by atoms with Gasteiger partial charge in [0.25, 0.3) is 0 Å². The van der Waals surface area contributed by atoms with E-state index in [-0.39, 0.29) is 17.4 Å². The molecule has 1 spiro atoms. The number of benzene rings is 1. The van der Waals surface area contributed by atoms with Crippen molar-refractivity contribution < 1.29 is 9.53 Å². The molecule has 0 bridgehead atoms. The van der Waals surface area contributed by atoms with Crippen molar-refractivity contribution in [3.63, 3.8) is 0 Å². The van der Waals surface area contributed by atoms with E-state index in [0.717, 1.165) is 44.6 Å². The molecule has 1 saturated heterocycles. The molecular formula is C21H27N3O2S. The van der Waals surface area contributed by atoms with Gasteiger partial charge in [0.15, 0.2) is 0 Å². The lowest BCUT2D eigenvalue weighted by atomic mass is 9.76. The molecule has 2 aromatic rings. The third kappa shape index (κ3) is 4.01. The number of hydrogen-bond donors (Lipinski definition) is 0. The molecule has 3 heterocycles. The summed E-state index contributed by atoms with van der Waals surface area (Å²) in [4.78, 5) is 21.0. The number of rotatable bonds is 4. The van der Waals surface area contributed by atoms with Gasteiger partial charge < -0.3 is 9.64 Å². The number of para-hydroxylation sites is 1. The summed E-state index contributed by atoms with van der Waals surface area (Å²) in [5, 5.41) is 3.21. The number of amides is 1. The van der Waals surface area contributed by atoms with Crippen LogP contribution < -0.4 is 4.74 Å². The van der Waals surface area contributed by atoms with Gasteiger partial charge in [0.05, 0.1) is 6.54 Å². The highest BCUT2D eigenvalue weighted by Crippen LogP contribution is 2.46. The molecule has 4 rings (SSSR count). The number of fused-ring (bicyclic) bond motifs is 1. The highest BCUT2D eigenvalue weighted by molar-refractivity contribution is 7.09. The number of likely N-dealkylation sites (tertiary alicyclic amines) is 1. The fourth-order valence-corrected chi connectivity index (χ4v) is 4.92. The highest BCUT2D eigenvalue weighted by atomic mass is 32.1. The molecule has 0 radical (unpaired) electrons. The van der Waals surface area contributed by atoms with Crippen LogP contribution in [-0.2, 0) is 11.3 Å². The second-order valence-corrected chi connectivity index (χ2v) is 8.90. The average molecular weight is 386 g/mol. The SMILES string of the molecule is CN(C)C(=O)C[C@H]1CC2(CCN(Cc3nccs3)CC2)Oc2ccccc21. The maximum atomic E-state index is 12.4. The smallest absolute Gasteiger partial charge is 0.222 e. The van der Waals surface area contributed by atoms with Gasteiger partial charge >= 0.3 is 0 Å². The second-order valence-electron chi connectivity index (χ2n) is 7.92. The first-order valence-corrected chi connectivity index (χ1v) is 10.5. The molecule has 1 atom stereocenters. The van der Waals surface area contributed by atoms with Gasteiger partial charge in [0.2, 0.25) is 5.91 Å². The lowest BCUT2D eigenvalue weighted by Crippen LogP contribution is -2.50. The Morgan fingerprint density at radius 2 is 2.11 bits per heavy atom. The van der Waals surface area contributed by atoms with Crippen LogP contribution in [0.2, 0.25) is 0 Å². The van der Waals surface area contributed by atoms with Gasteiger partial charge in [-0.05, 0) is 30.9 Å². The summed E-state index contributed by atoms with van der Waals surface area (Å²) in [5.74, 6) is 1.39. The van der Waals surface area contributed by atoms with Gasteiger partial charge in [-0.15, -0.1) is 11.3 Å². The van der Waals surface area contributed by atoms with Crippen molar-refractivity contribution in [2.75, 3.05) is 27.2 Å². The Hall–Kier alpha value is -1.92. The summed E-state index contributed by atoms with van der Waals surface area (Å²) >= 11 is 1.72. The van der Waals surface area contributed by atoms with E-state index in [1.54, 1.807) is 16.2 Å². The van der Waals surface area contributed by atoms with E-state index < -0.39 is 0 Å². The Balaban J connectivity index is 1.48. The number of ether oxygens (including phenoxy) is 1. The largest absolute Gasteiger partial charge is 0.487 e. The van der Waals surface area contributed by atoms with Crippen LogP contribution in [0.4, 0.5) is 0 Å². The number of hydrogen-bond acceptors (Lipinski definition) is 5. The van der Waals surface area contributed by atoms with Gasteiger partial charge in [-0.25, -0.2) is 4.98 Å². The van der Waals surface area contributed by atoms with Crippen LogP contribution in [0.1, 0.15) is 42.2 Å². The molecule has 0 unspecified atom stereocenters. The molecule has 1 amide bonds. The number of carbonyl (C=O) groups excluding carboxylic acids is 1. The number of carbonyl (C=O) groups is 1. The Morgan fingerprint density at radius 3 is 2.81 bits per heavy atom. The summed E-state index contributed by atoms with van der Waals surface area (Å²) in [6, 6.07) is 8.25. The van der Waals surface area contributed by atoms with E-state index in [4.69, 9.17) is 4.74 Å². The summed E-state index contributed by atoms with van der Waals surface area (Å²) in [7, 11) is 3.67. The van der Waals surface area contributed by atoms with Crippen molar-refractivity contribution in [3.05, 3.63) is 46.4 Å². The fraction of sp³-hybridized carbons (Fsp3) is 0.524. The third-order valence-corrected chi connectivity index (χ3v) is 6.60. The van der Waals surface area contributed by atoms with Crippen molar-refractivity contribution in [2.24, 2.45) is 0 Å². The quantitative estimate of drug-likeness (QED) is 0.808. The Labute approximate surface area is 165 Å². The average Bonchev–Trinajstić information content (AvgIpc) is 3.17. The normalized spacial score (nSPS) is 21.5. The van der Waals surface area contributed by atoms with Gasteiger partial charge in [-0.3, -0.25) is 9.69 Å². The first kappa shape index (κ1) is 18.4. The molecule has 0 aliphatic carbocycles. The zero-order valence-electron chi connectivity index (χ0n) is 16.1. The number of nitrogens with zero attached hydrogens (tertiary/aromatic N) is 3. The van der Waals surface area contributed by atoms with E-state index in [2.05, 4.69) is 22.0 Å². The minimum absolute atomic E-state index is 0.148. The molecule has 27 heavy (non-hydrogen) atoms. The van der Waals surface area contributed by atoms with Gasteiger partial charge in [0, 0.05) is 51.1 Å². The summed E-state index contributed by atoms with van der Waals surface area (Å²) in [6.45, 7) is 2.94. The van der Waals surface area contributed by atoms with Crippen molar-refractivity contribution in [1.29, 1.82) is 0 Å². The topological polar surface area (TPSA) is 45.7 Å². The van der Waals surface area contributed by atoms with E-state index in [9.17, 15) is 4.79 Å². The molecule has 1 aromatic heterocycles. The highest BCUT2D eigenvalue weighted by Gasteiger charge is 2.43. The first-order valence-electron chi connectivity index (χ1n) is 9.63. The second kappa shape index (κ2) is 7.60. The first-order chi connectivity index (χ1) is 13.0. The predicted molar refractivity (Wildman–Crippen MR) is 107 cm³/mol. The van der Waals surface area contributed by atoms with E-state index >= 15 is 0 Å². The molecule has 1 aromatic carbocycles. The minimum atomic E-state index is -0.148. The summed E-state index contributed by atoms with van der Waals surface area (Å²) in [6.07, 6.45) is 5.35. The van der Waals surface area contributed by atoms with Crippen LogP contribution in [0, 0.1) is 0 Å². The number of piperidine rings is 1. The van der Waals surface area contributed by atoms with Crippen molar-refractivity contribution in [2.45, 2.75) is 43.7 Å². The molecule has 0 saturated carbocycles.